The molecule has 0 spiro atoms. The van der Waals surface area contributed by atoms with Crippen LogP contribution in [0.3, 0.4) is 0 Å². The van der Waals surface area contributed by atoms with Gasteiger partial charge >= 0.3 is 0 Å². The van der Waals surface area contributed by atoms with E-state index in [1.165, 1.54) is 11.1 Å². The number of halogens is 4. The maximum Gasteiger partial charge on any atom is 0.130 e. The molecule has 1 aliphatic carbocycles. The lowest BCUT2D eigenvalue weighted by molar-refractivity contribution is 0.653. The summed E-state index contributed by atoms with van der Waals surface area (Å²) in [5, 5.41) is 0. The molecule has 2 rings (SSSR count). The summed E-state index contributed by atoms with van der Waals surface area (Å²) < 4.78 is -0.358. The fourth-order valence-corrected chi connectivity index (χ4v) is 3.68. The lowest BCUT2D eigenvalue weighted by Crippen LogP contribution is -2.36. The van der Waals surface area contributed by atoms with Crippen LogP contribution in [0.4, 0.5) is 0 Å². The quantitative estimate of drug-likeness (QED) is 0.488. The molecule has 0 heterocycles. The topological polar surface area (TPSA) is 0 Å². The van der Waals surface area contributed by atoms with E-state index in [0.29, 0.717) is 0 Å². The van der Waals surface area contributed by atoms with Gasteiger partial charge in [-0.15, -0.1) is 0 Å². The second kappa shape index (κ2) is 3.86. The normalized spacial score (nSPS) is 22.9. The molecule has 0 bridgehead atoms. The van der Waals surface area contributed by atoms with E-state index in [2.05, 4.69) is 88.0 Å². The molecule has 0 nitrogen and oxygen atoms in total. The zero-order valence-electron chi connectivity index (χ0n) is 7.24. The maximum absolute atomic E-state index is 3.74. The standard InChI is InChI=1S/C10H8Br4/c11-9(12)6-5-7-3-1-2-4-8(7)10(9,13)14/h1-4H,5-6H2. The molecule has 0 saturated heterocycles. The van der Waals surface area contributed by atoms with Crippen LogP contribution in [-0.2, 0) is 9.65 Å². The van der Waals surface area contributed by atoms with Crippen LogP contribution in [0.5, 0.6) is 0 Å². The Morgan fingerprint density at radius 1 is 1.00 bits per heavy atom. The van der Waals surface area contributed by atoms with Crippen LogP contribution in [-0.4, -0.2) is 3.23 Å². The molecule has 14 heavy (non-hydrogen) atoms. The van der Waals surface area contributed by atoms with E-state index in [9.17, 15) is 0 Å². The average molecular weight is 448 g/mol. The number of fused-ring (bicyclic) bond motifs is 1. The van der Waals surface area contributed by atoms with Crippen molar-refractivity contribution in [3.63, 3.8) is 0 Å². The molecule has 1 aliphatic rings. The Labute approximate surface area is 117 Å². The van der Waals surface area contributed by atoms with Crippen LogP contribution in [0, 0.1) is 0 Å². The zero-order valence-corrected chi connectivity index (χ0v) is 13.6. The van der Waals surface area contributed by atoms with E-state index in [0.717, 1.165) is 12.8 Å². The Morgan fingerprint density at radius 2 is 1.64 bits per heavy atom. The number of hydrogen-bond acceptors (Lipinski definition) is 0. The maximum atomic E-state index is 3.74. The van der Waals surface area contributed by atoms with Gasteiger partial charge in [0.15, 0.2) is 0 Å². The minimum Gasteiger partial charge on any atom is -0.0698 e. The van der Waals surface area contributed by atoms with Gasteiger partial charge in [0.05, 0.1) is 0 Å². The molecule has 0 N–H and O–H groups in total. The average Bonchev–Trinajstić information content (AvgIpc) is 2.13. The molecule has 0 amide bonds. The van der Waals surface area contributed by atoms with Gasteiger partial charge in [-0.2, -0.15) is 0 Å². The van der Waals surface area contributed by atoms with E-state index in [-0.39, 0.29) is 6.47 Å². The predicted octanol–water partition coefficient (Wildman–Crippen LogP) is 5.06. The molecule has 0 aromatic heterocycles. The highest BCUT2D eigenvalue weighted by Gasteiger charge is 2.49. The van der Waals surface area contributed by atoms with Crippen molar-refractivity contribution >= 4 is 63.7 Å². The molecule has 0 fully saturated rings. The third-order valence-electron chi connectivity index (χ3n) is 2.52. The smallest absolute Gasteiger partial charge is 0.0698 e. The summed E-state index contributed by atoms with van der Waals surface area (Å²) in [4.78, 5) is 0. The van der Waals surface area contributed by atoms with Crippen molar-refractivity contribution in [1.29, 1.82) is 0 Å². The number of aryl methyl sites for hydroxylation is 1. The molecular weight excluding hydrogens is 440 g/mol. The van der Waals surface area contributed by atoms with Crippen LogP contribution in [0.2, 0.25) is 0 Å². The van der Waals surface area contributed by atoms with Crippen molar-refractivity contribution in [3.8, 4) is 0 Å². The van der Waals surface area contributed by atoms with Gasteiger partial charge in [-0.1, -0.05) is 88.0 Å². The minimum atomic E-state index is -0.234. The highest BCUT2D eigenvalue weighted by Crippen LogP contribution is 2.60. The molecule has 0 aliphatic heterocycles. The molecule has 0 unspecified atom stereocenters. The summed E-state index contributed by atoms with van der Waals surface area (Å²) in [5.74, 6) is 0. The summed E-state index contributed by atoms with van der Waals surface area (Å²) in [7, 11) is 0. The first kappa shape index (κ1) is 11.6. The lowest BCUT2D eigenvalue weighted by Gasteiger charge is -2.40. The number of benzene rings is 1. The third-order valence-corrected chi connectivity index (χ3v) is 8.84. The van der Waals surface area contributed by atoms with Crippen molar-refractivity contribution in [3.05, 3.63) is 35.4 Å². The highest BCUT2D eigenvalue weighted by atomic mass is 79.9. The first-order valence-corrected chi connectivity index (χ1v) is 7.46. The van der Waals surface area contributed by atoms with Crippen molar-refractivity contribution in [1.82, 2.24) is 0 Å². The van der Waals surface area contributed by atoms with E-state index >= 15 is 0 Å². The number of rotatable bonds is 0. The highest BCUT2D eigenvalue weighted by molar-refractivity contribution is 9.30. The van der Waals surface area contributed by atoms with E-state index in [4.69, 9.17) is 0 Å². The Hall–Kier alpha value is 1.14. The lowest BCUT2D eigenvalue weighted by atomic mass is 9.91. The summed E-state index contributed by atoms with van der Waals surface area (Å²) in [6, 6.07) is 8.49. The van der Waals surface area contributed by atoms with Crippen molar-refractivity contribution in [2.24, 2.45) is 0 Å². The second-order valence-electron chi connectivity index (χ2n) is 3.44. The van der Waals surface area contributed by atoms with Gasteiger partial charge in [0.1, 0.15) is 6.47 Å². The number of alkyl halides is 4. The van der Waals surface area contributed by atoms with Gasteiger partial charge in [0, 0.05) is 0 Å². The van der Waals surface area contributed by atoms with Gasteiger partial charge in [0.2, 0.25) is 0 Å². The Balaban J connectivity index is 2.57. The summed E-state index contributed by atoms with van der Waals surface area (Å²) >= 11 is 14.9. The van der Waals surface area contributed by atoms with E-state index in [1.807, 2.05) is 0 Å². The van der Waals surface area contributed by atoms with Crippen molar-refractivity contribution in [2.75, 3.05) is 0 Å². The molecule has 1 aromatic carbocycles. The van der Waals surface area contributed by atoms with Gasteiger partial charge in [-0.3, -0.25) is 0 Å². The van der Waals surface area contributed by atoms with E-state index < -0.39 is 0 Å². The fourth-order valence-electron chi connectivity index (χ4n) is 1.69. The molecule has 0 radical (unpaired) electrons. The predicted molar refractivity (Wildman–Crippen MR) is 74.9 cm³/mol. The molecule has 0 saturated carbocycles. The Morgan fingerprint density at radius 3 is 2.36 bits per heavy atom. The fraction of sp³-hybridized carbons (Fsp3) is 0.400. The van der Waals surface area contributed by atoms with Crippen LogP contribution in [0.25, 0.3) is 0 Å². The first-order valence-electron chi connectivity index (χ1n) is 4.29. The van der Waals surface area contributed by atoms with Crippen molar-refractivity contribution in [2.45, 2.75) is 19.3 Å². The summed E-state index contributed by atoms with van der Waals surface area (Å²) in [6.07, 6.45) is 2.13. The van der Waals surface area contributed by atoms with Crippen LogP contribution in [0.15, 0.2) is 24.3 Å². The monoisotopic (exact) mass is 444 g/mol. The largest absolute Gasteiger partial charge is 0.130 e. The first-order chi connectivity index (χ1) is 6.45. The van der Waals surface area contributed by atoms with Crippen LogP contribution in [0.1, 0.15) is 17.5 Å². The Bertz CT molecular complexity index is 357. The zero-order chi connectivity index (χ0) is 10.4. The van der Waals surface area contributed by atoms with Crippen molar-refractivity contribution < 1.29 is 0 Å². The van der Waals surface area contributed by atoms with Crippen LogP contribution < -0.4 is 0 Å². The summed E-state index contributed by atoms with van der Waals surface area (Å²) in [6.45, 7) is 0. The van der Waals surface area contributed by atoms with Gasteiger partial charge in [-0.25, -0.2) is 0 Å². The molecule has 4 heteroatoms. The third kappa shape index (κ3) is 1.76. The second-order valence-corrected chi connectivity index (χ2v) is 10.7. The minimum absolute atomic E-state index is 0.124. The van der Waals surface area contributed by atoms with Gasteiger partial charge < -0.3 is 0 Å². The molecule has 1 aromatic rings. The molecule has 0 atom stereocenters. The molecular formula is C10H8Br4. The van der Waals surface area contributed by atoms with Crippen LogP contribution >= 0.6 is 63.7 Å². The Kier molecular flexibility index (Phi) is 3.21. The SMILES string of the molecule is BrC1(Br)CCc2ccccc2C1(Br)Br. The number of hydrogen-bond donors (Lipinski definition) is 0. The molecule has 76 valence electrons. The van der Waals surface area contributed by atoms with Gasteiger partial charge in [-0.05, 0) is 24.0 Å². The summed E-state index contributed by atoms with van der Waals surface area (Å²) in [5.41, 5.74) is 2.69. The van der Waals surface area contributed by atoms with Gasteiger partial charge in [0.25, 0.3) is 0 Å². The van der Waals surface area contributed by atoms with E-state index in [1.54, 1.807) is 0 Å².